The summed E-state index contributed by atoms with van der Waals surface area (Å²) >= 11 is 0. The predicted octanol–water partition coefficient (Wildman–Crippen LogP) is 3.66. The average molecular weight is 456 g/mol. The molecule has 12 heteroatoms. The first kappa shape index (κ1) is 22.8. The first-order chi connectivity index (χ1) is 14.4. The summed E-state index contributed by atoms with van der Waals surface area (Å²) in [5.41, 5.74) is -0.0882. The second kappa shape index (κ2) is 8.33. The minimum atomic E-state index is -4.60. The summed E-state index contributed by atoms with van der Waals surface area (Å²) in [5, 5.41) is 16.4. The van der Waals surface area contributed by atoms with Crippen molar-refractivity contribution < 1.29 is 21.6 Å². The molecule has 1 fully saturated rings. The summed E-state index contributed by atoms with van der Waals surface area (Å²) < 4.78 is 62.7. The molecule has 8 nitrogen and oxygen atoms in total. The Bertz CT molecular complexity index is 1080. The van der Waals surface area contributed by atoms with E-state index in [-0.39, 0.29) is 24.1 Å². The Balaban J connectivity index is 1.87. The standard InChI is InChI=1S/C19H23F3N6O2S/c1-18(6-7-18)28-16-13(19(20,21)22)11-25-17(27-16)26-15-5-3-4-14(12(15)10-23)24-8-9-31(2,29)30/h3-5,10-11,23-24H,6-9H2,1-2H3,(H2,25,26,27,28). The fraction of sp³-hybridized carbons (Fsp3) is 0.421. The third-order valence-corrected chi connectivity index (χ3v) is 5.75. The maximum atomic E-state index is 13.4. The van der Waals surface area contributed by atoms with Crippen molar-refractivity contribution in [2.45, 2.75) is 31.5 Å². The van der Waals surface area contributed by atoms with Crippen molar-refractivity contribution in [2.75, 3.05) is 34.5 Å². The predicted molar refractivity (Wildman–Crippen MR) is 114 cm³/mol. The fourth-order valence-corrected chi connectivity index (χ4v) is 3.29. The van der Waals surface area contributed by atoms with Gasteiger partial charge in [-0.15, -0.1) is 0 Å². The summed E-state index contributed by atoms with van der Waals surface area (Å²) in [6, 6.07) is 4.95. The lowest BCUT2D eigenvalue weighted by atomic mass is 10.1. The third kappa shape index (κ3) is 6.06. The van der Waals surface area contributed by atoms with Crippen LogP contribution in [0.15, 0.2) is 24.4 Å². The van der Waals surface area contributed by atoms with Gasteiger partial charge in [0.15, 0.2) is 0 Å². The SMILES string of the molecule is CC1(Nc2nc(Nc3cccc(NCCS(C)(=O)=O)c3C=N)ncc2C(F)(F)F)CC1. The van der Waals surface area contributed by atoms with Crippen LogP contribution in [0.2, 0.25) is 0 Å². The van der Waals surface area contributed by atoms with Crippen molar-refractivity contribution in [3.63, 3.8) is 0 Å². The summed E-state index contributed by atoms with van der Waals surface area (Å²) in [6.07, 6.45) is -0.205. The van der Waals surface area contributed by atoms with Gasteiger partial charge < -0.3 is 21.4 Å². The normalized spacial score (nSPS) is 15.3. The molecule has 0 unspecified atom stereocenters. The van der Waals surface area contributed by atoms with Crippen LogP contribution in [0.25, 0.3) is 0 Å². The number of hydrogen-bond donors (Lipinski definition) is 4. The molecule has 1 aromatic heterocycles. The van der Waals surface area contributed by atoms with Crippen LogP contribution in [0.5, 0.6) is 0 Å². The zero-order valence-electron chi connectivity index (χ0n) is 17.0. The maximum absolute atomic E-state index is 13.4. The van der Waals surface area contributed by atoms with E-state index in [1.54, 1.807) is 18.2 Å². The Labute approximate surface area is 178 Å². The highest BCUT2D eigenvalue weighted by molar-refractivity contribution is 7.90. The summed E-state index contributed by atoms with van der Waals surface area (Å²) in [7, 11) is -3.16. The number of benzene rings is 1. The van der Waals surface area contributed by atoms with E-state index in [0.29, 0.717) is 16.9 Å². The molecule has 1 heterocycles. The zero-order chi connectivity index (χ0) is 22.9. The van der Waals surface area contributed by atoms with Gasteiger partial charge in [-0.1, -0.05) is 6.07 Å². The second-order valence-corrected chi connectivity index (χ2v) is 9.99. The molecule has 1 aromatic carbocycles. The number of nitrogens with zero attached hydrogens (tertiary/aromatic N) is 2. The highest BCUT2D eigenvalue weighted by Gasteiger charge is 2.42. The number of halogens is 3. The lowest BCUT2D eigenvalue weighted by Crippen LogP contribution is -2.22. The maximum Gasteiger partial charge on any atom is 0.421 e. The van der Waals surface area contributed by atoms with Crippen molar-refractivity contribution in [3.05, 3.63) is 35.5 Å². The van der Waals surface area contributed by atoms with Crippen LogP contribution in [0.4, 0.5) is 36.3 Å². The van der Waals surface area contributed by atoms with E-state index >= 15 is 0 Å². The second-order valence-electron chi connectivity index (χ2n) is 7.73. The molecule has 0 aliphatic heterocycles. The number of alkyl halides is 3. The minimum absolute atomic E-state index is 0.0591. The molecule has 0 amide bonds. The number of sulfone groups is 1. The van der Waals surface area contributed by atoms with Crippen LogP contribution in [0.3, 0.4) is 0 Å². The van der Waals surface area contributed by atoms with Gasteiger partial charge in [-0.2, -0.15) is 18.2 Å². The van der Waals surface area contributed by atoms with Crippen molar-refractivity contribution in [1.29, 1.82) is 5.41 Å². The molecule has 31 heavy (non-hydrogen) atoms. The number of rotatable bonds is 9. The first-order valence-electron chi connectivity index (χ1n) is 9.45. The van der Waals surface area contributed by atoms with E-state index in [1.807, 2.05) is 6.92 Å². The Morgan fingerprint density at radius 2 is 1.94 bits per heavy atom. The number of aromatic nitrogens is 2. The minimum Gasteiger partial charge on any atom is -0.383 e. The van der Waals surface area contributed by atoms with Gasteiger partial charge in [-0.3, -0.25) is 0 Å². The van der Waals surface area contributed by atoms with Crippen molar-refractivity contribution in [3.8, 4) is 0 Å². The lowest BCUT2D eigenvalue weighted by molar-refractivity contribution is -0.137. The van der Waals surface area contributed by atoms with Crippen LogP contribution in [-0.4, -0.2) is 48.7 Å². The molecule has 1 aliphatic rings. The highest BCUT2D eigenvalue weighted by atomic mass is 32.2. The van der Waals surface area contributed by atoms with E-state index in [0.717, 1.165) is 31.5 Å². The molecular formula is C19H23F3N6O2S. The summed E-state index contributed by atoms with van der Waals surface area (Å²) in [4.78, 5) is 7.83. The van der Waals surface area contributed by atoms with E-state index in [4.69, 9.17) is 5.41 Å². The largest absolute Gasteiger partial charge is 0.421 e. The Kier molecular flexibility index (Phi) is 6.12. The van der Waals surface area contributed by atoms with Gasteiger partial charge in [0.2, 0.25) is 5.95 Å². The highest BCUT2D eigenvalue weighted by Crippen LogP contribution is 2.41. The van der Waals surface area contributed by atoms with Gasteiger partial charge in [-0.25, -0.2) is 13.4 Å². The molecule has 3 rings (SSSR count). The smallest absolute Gasteiger partial charge is 0.383 e. The molecule has 0 radical (unpaired) electrons. The Morgan fingerprint density at radius 3 is 2.52 bits per heavy atom. The number of hydrogen-bond acceptors (Lipinski definition) is 8. The Hall–Kier alpha value is -2.89. The van der Waals surface area contributed by atoms with Crippen LogP contribution >= 0.6 is 0 Å². The fourth-order valence-electron chi connectivity index (χ4n) is 2.82. The molecule has 0 saturated heterocycles. The van der Waals surface area contributed by atoms with E-state index < -0.39 is 27.1 Å². The molecule has 0 atom stereocenters. The zero-order valence-corrected chi connectivity index (χ0v) is 17.8. The molecule has 1 saturated carbocycles. The van der Waals surface area contributed by atoms with Gasteiger partial charge in [-0.05, 0) is 31.9 Å². The van der Waals surface area contributed by atoms with Gasteiger partial charge in [0.1, 0.15) is 21.2 Å². The van der Waals surface area contributed by atoms with Gasteiger partial charge >= 0.3 is 6.18 Å². The molecular weight excluding hydrogens is 433 g/mol. The number of anilines is 4. The van der Waals surface area contributed by atoms with Crippen LogP contribution < -0.4 is 16.0 Å². The van der Waals surface area contributed by atoms with Gasteiger partial charge in [0.05, 0.1) is 11.4 Å². The van der Waals surface area contributed by atoms with E-state index in [9.17, 15) is 21.6 Å². The topological polar surface area (TPSA) is 120 Å². The quantitative estimate of drug-likeness (QED) is 0.425. The van der Waals surface area contributed by atoms with Crippen LogP contribution in [-0.2, 0) is 16.0 Å². The third-order valence-electron chi connectivity index (χ3n) is 4.80. The monoisotopic (exact) mass is 456 g/mol. The van der Waals surface area contributed by atoms with Gasteiger partial charge in [0, 0.05) is 42.0 Å². The van der Waals surface area contributed by atoms with Crippen LogP contribution in [0, 0.1) is 5.41 Å². The van der Waals surface area contributed by atoms with E-state index in [1.165, 1.54) is 0 Å². The van der Waals surface area contributed by atoms with Crippen molar-refractivity contribution >= 4 is 39.2 Å². The van der Waals surface area contributed by atoms with E-state index in [2.05, 4.69) is 25.9 Å². The first-order valence-corrected chi connectivity index (χ1v) is 11.5. The van der Waals surface area contributed by atoms with Crippen molar-refractivity contribution in [1.82, 2.24) is 9.97 Å². The van der Waals surface area contributed by atoms with Gasteiger partial charge in [0.25, 0.3) is 0 Å². The van der Waals surface area contributed by atoms with Crippen molar-refractivity contribution in [2.24, 2.45) is 0 Å². The summed E-state index contributed by atoms with van der Waals surface area (Å²) in [5.74, 6) is -0.447. The van der Waals surface area contributed by atoms with Crippen LogP contribution in [0.1, 0.15) is 30.9 Å². The molecule has 2 aromatic rings. The molecule has 168 valence electrons. The molecule has 0 spiro atoms. The molecule has 1 aliphatic carbocycles. The molecule has 4 N–H and O–H groups in total. The Morgan fingerprint density at radius 1 is 1.26 bits per heavy atom. The molecule has 0 bridgehead atoms. The average Bonchev–Trinajstić information content (AvgIpc) is 3.37. The summed E-state index contributed by atoms with van der Waals surface area (Å²) in [6.45, 7) is 1.97. The number of nitrogens with one attached hydrogen (secondary N) is 4. The lowest BCUT2D eigenvalue weighted by Gasteiger charge is -2.19.